The summed E-state index contributed by atoms with van der Waals surface area (Å²) >= 11 is 0. The Morgan fingerprint density at radius 3 is 2.94 bits per heavy atom. The van der Waals surface area contributed by atoms with Crippen molar-refractivity contribution in [2.75, 3.05) is 11.9 Å². The maximum Gasteiger partial charge on any atom is 0.165 e. The van der Waals surface area contributed by atoms with Gasteiger partial charge in [-0.15, -0.1) is 16.6 Å². The Bertz CT molecular complexity index is 522. The third-order valence-electron chi connectivity index (χ3n) is 2.26. The molecule has 2 rings (SSSR count). The van der Waals surface area contributed by atoms with Crippen LogP contribution in [0.4, 0.5) is 5.69 Å². The van der Waals surface area contributed by atoms with E-state index in [1.165, 1.54) is 0 Å². The number of rotatable bonds is 3. The van der Waals surface area contributed by atoms with Gasteiger partial charge in [-0.1, -0.05) is 18.1 Å². The number of aromatic nitrogens is 3. The Morgan fingerprint density at radius 2 is 2.25 bits per heavy atom. The number of aryl methyl sites for hydroxylation is 1. The molecule has 0 radical (unpaired) electrons. The number of nitrogens with one attached hydrogen (secondary N) is 1. The SMILES string of the molecule is C#CCNc1ccccc1-c1nncn1C. The van der Waals surface area contributed by atoms with Gasteiger partial charge in [0.2, 0.25) is 0 Å². The van der Waals surface area contributed by atoms with E-state index < -0.39 is 0 Å². The molecule has 0 unspecified atom stereocenters. The van der Waals surface area contributed by atoms with Gasteiger partial charge >= 0.3 is 0 Å². The van der Waals surface area contributed by atoms with Gasteiger partial charge in [0, 0.05) is 18.3 Å². The lowest BCUT2D eigenvalue weighted by Gasteiger charge is -2.08. The first-order valence-corrected chi connectivity index (χ1v) is 4.93. The van der Waals surface area contributed by atoms with E-state index in [9.17, 15) is 0 Å². The van der Waals surface area contributed by atoms with Gasteiger partial charge in [-0.05, 0) is 12.1 Å². The Hall–Kier alpha value is -2.28. The van der Waals surface area contributed by atoms with Crippen LogP contribution >= 0.6 is 0 Å². The summed E-state index contributed by atoms with van der Waals surface area (Å²) in [6.45, 7) is 0.495. The van der Waals surface area contributed by atoms with Crippen LogP contribution in [0.2, 0.25) is 0 Å². The van der Waals surface area contributed by atoms with Gasteiger partial charge in [-0.2, -0.15) is 0 Å². The molecule has 0 spiro atoms. The molecule has 0 amide bonds. The number of terminal acetylenes is 1. The molecule has 4 heteroatoms. The van der Waals surface area contributed by atoms with Crippen LogP contribution in [0.5, 0.6) is 0 Å². The molecule has 0 saturated heterocycles. The fourth-order valence-corrected chi connectivity index (χ4v) is 1.51. The Kier molecular flexibility index (Phi) is 2.88. The summed E-state index contributed by atoms with van der Waals surface area (Å²) < 4.78 is 1.87. The smallest absolute Gasteiger partial charge is 0.165 e. The van der Waals surface area contributed by atoms with E-state index in [-0.39, 0.29) is 0 Å². The highest BCUT2D eigenvalue weighted by Crippen LogP contribution is 2.24. The van der Waals surface area contributed by atoms with Gasteiger partial charge < -0.3 is 9.88 Å². The molecule has 16 heavy (non-hydrogen) atoms. The van der Waals surface area contributed by atoms with Gasteiger partial charge in [0.05, 0.1) is 6.54 Å². The molecule has 1 aromatic carbocycles. The maximum atomic E-state index is 5.23. The average molecular weight is 212 g/mol. The van der Waals surface area contributed by atoms with Gasteiger partial charge in [-0.25, -0.2) is 0 Å². The molecule has 2 aromatic rings. The molecular formula is C12H12N4. The zero-order chi connectivity index (χ0) is 11.4. The largest absolute Gasteiger partial charge is 0.374 e. The minimum atomic E-state index is 0.495. The molecule has 1 heterocycles. The Labute approximate surface area is 94.3 Å². The molecule has 0 bridgehead atoms. The normalized spacial score (nSPS) is 9.75. The standard InChI is InChI=1S/C12H12N4/c1-3-8-13-11-7-5-4-6-10(11)12-15-14-9-16(12)2/h1,4-7,9,13H,8H2,2H3. The van der Waals surface area contributed by atoms with E-state index >= 15 is 0 Å². The Morgan fingerprint density at radius 1 is 1.44 bits per heavy atom. The van der Waals surface area contributed by atoms with Crippen molar-refractivity contribution in [1.29, 1.82) is 0 Å². The molecule has 0 aliphatic heterocycles. The predicted molar refractivity (Wildman–Crippen MR) is 63.8 cm³/mol. The van der Waals surface area contributed by atoms with Crippen LogP contribution in [-0.2, 0) is 7.05 Å². The van der Waals surface area contributed by atoms with Crippen LogP contribution in [0.15, 0.2) is 30.6 Å². The minimum Gasteiger partial charge on any atom is -0.374 e. The molecule has 0 saturated carbocycles. The summed E-state index contributed by atoms with van der Waals surface area (Å²) in [7, 11) is 1.91. The zero-order valence-electron chi connectivity index (χ0n) is 9.01. The van der Waals surface area contributed by atoms with Crippen molar-refractivity contribution in [1.82, 2.24) is 14.8 Å². The van der Waals surface area contributed by atoms with Crippen LogP contribution in [0, 0.1) is 12.3 Å². The first-order chi connectivity index (χ1) is 7.83. The van der Waals surface area contributed by atoms with Crippen LogP contribution < -0.4 is 5.32 Å². The molecule has 0 aliphatic rings. The van der Waals surface area contributed by atoms with Crippen molar-refractivity contribution in [3.05, 3.63) is 30.6 Å². The number of hydrogen-bond acceptors (Lipinski definition) is 3. The monoisotopic (exact) mass is 212 g/mol. The van der Waals surface area contributed by atoms with Crippen molar-refractivity contribution >= 4 is 5.69 Å². The first-order valence-electron chi connectivity index (χ1n) is 4.93. The second-order valence-electron chi connectivity index (χ2n) is 3.37. The van der Waals surface area contributed by atoms with Crippen molar-refractivity contribution in [2.24, 2.45) is 7.05 Å². The van der Waals surface area contributed by atoms with Crippen molar-refractivity contribution in [2.45, 2.75) is 0 Å². The van der Waals surface area contributed by atoms with Crippen LogP contribution in [0.3, 0.4) is 0 Å². The second-order valence-corrected chi connectivity index (χ2v) is 3.37. The van der Waals surface area contributed by atoms with Gasteiger partial charge in [-0.3, -0.25) is 0 Å². The van der Waals surface area contributed by atoms with Crippen molar-refractivity contribution < 1.29 is 0 Å². The molecule has 1 N–H and O–H groups in total. The van der Waals surface area contributed by atoms with Crippen LogP contribution in [0.25, 0.3) is 11.4 Å². The quantitative estimate of drug-likeness (QED) is 0.784. The van der Waals surface area contributed by atoms with Crippen molar-refractivity contribution in [3.8, 4) is 23.7 Å². The fraction of sp³-hybridized carbons (Fsp3) is 0.167. The Balaban J connectivity index is 2.41. The van der Waals surface area contributed by atoms with E-state index in [0.29, 0.717) is 6.54 Å². The van der Waals surface area contributed by atoms with E-state index in [2.05, 4.69) is 21.4 Å². The highest BCUT2D eigenvalue weighted by atomic mass is 15.2. The molecular weight excluding hydrogens is 200 g/mol. The molecule has 0 atom stereocenters. The third-order valence-corrected chi connectivity index (χ3v) is 2.26. The van der Waals surface area contributed by atoms with E-state index in [1.807, 2.05) is 35.9 Å². The van der Waals surface area contributed by atoms with Gasteiger partial charge in [0.25, 0.3) is 0 Å². The first kappa shape index (κ1) is 10.2. The van der Waals surface area contributed by atoms with Crippen LogP contribution in [-0.4, -0.2) is 21.3 Å². The van der Waals surface area contributed by atoms with E-state index in [4.69, 9.17) is 6.42 Å². The topological polar surface area (TPSA) is 42.7 Å². The van der Waals surface area contributed by atoms with Crippen molar-refractivity contribution in [3.63, 3.8) is 0 Å². The lowest BCUT2D eigenvalue weighted by atomic mass is 10.1. The minimum absolute atomic E-state index is 0.495. The number of para-hydroxylation sites is 1. The zero-order valence-corrected chi connectivity index (χ0v) is 9.01. The number of hydrogen-bond donors (Lipinski definition) is 1. The summed E-state index contributed by atoms with van der Waals surface area (Å²) in [4.78, 5) is 0. The lowest BCUT2D eigenvalue weighted by Crippen LogP contribution is -2.02. The summed E-state index contributed by atoms with van der Waals surface area (Å²) in [6.07, 6.45) is 6.90. The highest BCUT2D eigenvalue weighted by molar-refractivity contribution is 5.73. The average Bonchev–Trinajstić information content (AvgIpc) is 2.73. The van der Waals surface area contributed by atoms with E-state index in [0.717, 1.165) is 17.1 Å². The number of nitrogens with zero attached hydrogens (tertiary/aromatic N) is 3. The molecule has 4 nitrogen and oxygen atoms in total. The van der Waals surface area contributed by atoms with Crippen LogP contribution in [0.1, 0.15) is 0 Å². The van der Waals surface area contributed by atoms with Gasteiger partial charge in [0.15, 0.2) is 5.82 Å². The maximum absolute atomic E-state index is 5.23. The van der Waals surface area contributed by atoms with Gasteiger partial charge in [0.1, 0.15) is 6.33 Å². The highest BCUT2D eigenvalue weighted by Gasteiger charge is 2.08. The molecule has 0 aliphatic carbocycles. The molecule has 80 valence electrons. The number of benzene rings is 1. The summed E-state index contributed by atoms with van der Waals surface area (Å²) in [5, 5.41) is 11.1. The summed E-state index contributed by atoms with van der Waals surface area (Å²) in [5.74, 6) is 3.37. The van der Waals surface area contributed by atoms with E-state index in [1.54, 1.807) is 6.33 Å². The number of anilines is 1. The molecule has 0 fully saturated rings. The third kappa shape index (κ3) is 1.89. The fourth-order valence-electron chi connectivity index (χ4n) is 1.51. The lowest BCUT2D eigenvalue weighted by molar-refractivity contribution is 0.920. The second kappa shape index (κ2) is 4.49. The summed E-state index contributed by atoms with van der Waals surface area (Å²) in [6, 6.07) is 7.88. The summed E-state index contributed by atoms with van der Waals surface area (Å²) in [5.41, 5.74) is 1.97. The predicted octanol–water partition coefficient (Wildman–Crippen LogP) is 1.53. The molecule has 1 aromatic heterocycles.